The van der Waals surface area contributed by atoms with Crippen LogP contribution in [0, 0.1) is 0 Å². The van der Waals surface area contributed by atoms with E-state index < -0.39 is 0 Å². The lowest BCUT2D eigenvalue weighted by atomic mass is 10.00. The Kier molecular flexibility index (Phi) is 4.63. The molecule has 1 aliphatic heterocycles. The van der Waals surface area contributed by atoms with Crippen LogP contribution in [0.5, 0.6) is 0 Å². The lowest BCUT2D eigenvalue weighted by molar-refractivity contribution is 0.0811. The quantitative estimate of drug-likeness (QED) is 0.886. The molecule has 1 aromatic rings. The van der Waals surface area contributed by atoms with Gasteiger partial charge >= 0.3 is 0 Å². The largest absolute Gasteiger partial charge is 0.314 e. The van der Waals surface area contributed by atoms with Gasteiger partial charge in [-0.15, -0.1) is 0 Å². The van der Waals surface area contributed by atoms with Crippen LogP contribution in [0.1, 0.15) is 52.3 Å². The highest BCUT2D eigenvalue weighted by Crippen LogP contribution is 2.20. The molecule has 2 rings (SSSR count). The summed E-state index contributed by atoms with van der Waals surface area (Å²) >= 11 is 0. The predicted molar refractivity (Wildman–Crippen MR) is 79.2 cm³/mol. The fourth-order valence-corrected chi connectivity index (χ4v) is 2.84. The highest BCUT2D eigenvalue weighted by Gasteiger charge is 2.29. The van der Waals surface area contributed by atoms with Crippen LogP contribution in [0.3, 0.4) is 0 Å². The summed E-state index contributed by atoms with van der Waals surface area (Å²) in [6.07, 6.45) is 4.44. The molecule has 0 bridgehead atoms. The summed E-state index contributed by atoms with van der Waals surface area (Å²) in [4.78, 5) is 2.53. The Labute approximate surface area is 117 Å². The Bertz CT molecular complexity index is 393. The average molecular weight is 264 g/mol. The molecule has 0 aliphatic carbocycles. The van der Waals surface area contributed by atoms with Gasteiger partial charge in [0.2, 0.25) is 0 Å². The molecule has 1 aliphatic rings. The highest BCUT2D eigenvalue weighted by molar-refractivity contribution is 5.02. The number of hydrogen-bond acceptors (Lipinski definition) is 3. The number of hydrogen-bond donors (Lipinski definition) is 1. The van der Waals surface area contributed by atoms with Crippen molar-refractivity contribution in [3.63, 3.8) is 0 Å². The van der Waals surface area contributed by atoms with E-state index in [1.807, 2.05) is 0 Å². The molecule has 0 aromatic carbocycles. The van der Waals surface area contributed by atoms with Gasteiger partial charge in [0.25, 0.3) is 0 Å². The van der Waals surface area contributed by atoms with Crippen molar-refractivity contribution in [2.45, 2.75) is 58.7 Å². The van der Waals surface area contributed by atoms with Gasteiger partial charge in [0.05, 0.1) is 11.7 Å². The van der Waals surface area contributed by atoms with Crippen molar-refractivity contribution in [1.29, 1.82) is 0 Å². The molecule has 19 heavy (non-hydrogen) atoms. The van der Waals surface area contributed by atoms with Crippen LogP contribution in [0.4, 0.5) is 0 Å². The van der Waals surface area contributed by atoms with E-state index in [4.69, 9.17) is 5.10 Å². The third kappa shape index (κ3) is 3.37. The summed E-state index contributed by atoms with van der Waals surface area (Å²) in [5, 5.41) is 8.23. The van der Waals surface area contributed by atoms with E-state index in [9.17, 15) is 0 Å². The maximum absolute atomic E-state index is 4.77. The van der Waals surface area contributed by atoms with E-state index >= 15 is 0 Å². The van der Waals surface area contributed by atoms with Gasteiger partial charge in [-0.2, -0.15) is 5.10 Å². The predicted octanol–water partition coefficient (Wildman–Crippen LogP) is 2.43. The highest BCUT2D eigenvalue weighted by atomic mass is 15.3. The van der Waals surface area contributed by atoms with Gasteiger partial charge < -0.3 is 5.32 Å². The van der Waals surface area contributed by atoms with Crippen LogP contribution in [0.15, 0.2) is 12.3 Å². The van der Waals surface area contributed by atoms with Crippen LogP contribution < -0.4 is 5.32 Å². The van der Waals surface area contributed by atoms with Gasteiger partial charge in [0.1, 0.15) is 0 Å². The zero-order chi connectivity index (χ0) is 13.9. The molecule has 108 valence electrons. The first-order chi connectivity index (χ1) is 9.06. The van der Waals surface area contributed by atoms with Crippen LogP contribution in [-0.4, -0.2) is 39.9 Å². The minimum atomic E-state index is 0.219. The Morgan fingerprint density at radius 3 is 2.74 bits per heavy atom. The van der Waals surface area contributed by atoms with Gasteiger partial charge in [0, 0.05) is 37.9 Å². The van der Waals surface area contributed by atoms with E-state index in [-0.39, 0.29) is 5.54 Å². The zero-order valence-corrected chi connectivity index (χ0v) is 12.8. The normalized spacial score (nSPS) is 20.1. The van der Waals surface area contributed by atoms with Crippen LogP contribution >= 0.6 is 0 Å². The molecule has 1 saturated heterocycles. The third-order valence-electron chi connectivity index (χ3n) is 4.31. The molecule has 0 spiro atoms. The van der Waals surface area contributed by atoms with E-state index in [2.05, 4.69) is 54.9 Å². The fourth-order valence-electron chi connectivity index (χ4n) is 2.84. The second-order valence-electron chi connectivity index (χ2n) is 6.17. The molecule has 4 nitrogen and oxygen atoms in total. The standard InChI is InChI=1S/C15H28N4/c1-5-14(6-2)19-9-7-13(17-19)11-18-10-8-16-12-15(18,3)4/h7,9,14,16H,5-6,8,10-12H2,1-4H3. The molecule has 1 N–H and O–H groups in total. The van der Waals surface area contributed by atoms with Gasteiger partial charge in [-0.05, 0) is 32.8 Å². The van der Waals surface area contributed by atoms with Crippen LogP contribution in [0.25, 0.3) is 0 Å². The second kappa shape index (κ2) is 6.06. The smallest absolute Gasteiger partial charge is 0.0765 e. The second-order valence-corrected chi connectivity index (χ2v) is 6.17. The molecule has 0 radical (unpaired) electrons. The number of nitrogens with zero attached hydrogens (tertiary/aromatic N) is 3. The Hall–Kier alpha value is -0.870. The first-order valence-electron chi connectivity index (χ1n) is 7.56. The summed E-state index contributed by atoms with van der Waals surface area (Å²) in [6, 6.07) is 2.72. The molecule has 1 fully saturated rings. The van der Waals surface area contributed by atoms with Crippen molar-refractivity contribution >= 4 is 0 Å². The first-order valence-corrected chi connectivity index (χ1v) is 7.56. The third-order valence-corrected chi connectivity index (χ3v) is 4.31. The van der Waals surface area contributed by atoms with Crippen molar-refractivity contribution in [2.75, 3.05) is 19.6 Å². The molecule has 0 saturated carbocycles. The van der Waals surface area contributed by atoms with Crippen LogP contribution in [-0.2, 0) is 6.54 Å². The lowest BCUT2D eigenvalue weighted by Gasteiger charge is -2.42. The van der Waals surface area contributed by atoms with Gasteiger partial charge in [-0.25, -0.2) is 0 Å². The molecule has 0 unspecified atom stereocenters. The van der Waals surface area contributed by atoms with E-state index in [1.165, 1.54) is 5.69 Å². The Morgan fingerprint density at radius 1 is 1.37 bits per heavy atom. The lowest BCUT2D eigenvalue weighted by Crippen LogP contribution is -2.57. The van der Waals surface area contributed by atoms with Crippen molar-refractivity contribution in [3.05, 3.63) is 18.0 Å². The van der Waals surface area contributed by atoms with Crippen LogP contribution in [0.2, 0.25) is 0 Å². The SMILES string of the molecule is CCC(CC)n1ccc(CN2CCNCC2(C)C)n1. The summed E-state index contributed by atoms with van der Waals surface area (Å²) in [5.41, 5.74) is 1.42. The molecule has 0 atom stereocenters. The molecular formula is C15H28N4. The molecular weight excluding hydrogens is 236 g/mol. The van der Waals surface area contributed by atoms with Crippen molar-refractivity contribution in [3.8, 4) is 0 Å². The summed E-state index contributed by atoms with van der Waals surface area (Å²) in [7, 11) is 0. The summed E-state index contributed by atoms with van der Waals surface area (Å²) < 4.78 is 2.14. The fraction of sp³-hybridized carbons (Fsp3) is 0.800. The summed E-state index contributed by atoms with van der Waals surface area (Å²) in [6.45, 7) is 13.3. The average Bonchev–Trinajstić information content (AvgIpc) is 2.82. The molecule has 4 heteroatoms. The van der Waals surface area contributed by atoms with Crippen molar-refractivity contribution in [1.82, 2.24) is 20.0 Å². The van der Waals surface area contributed by atoms with E-state index in [0.717, 1.165) is 39.0 Å². The van der Waals surface area contributed by atoms with Crippen molar-refractivity contribution in [2.24, 2.45) is 0 Å². The monoisotopic (exact) mass is 264 g/mol. The summed E-state index contributed by atoms with van der Waals surface area (Å²) in [5.74, 6) is 0. The Morgan fingerprint density at radius 2 is 2.11 bits per heavy atom. The minimum absolute atomic E-state index is 0.219. The topological polar surface area (TPSA) is 33.1 Å². The van der Waals surface area contributed by atoms with E-state index in [0.29, 0.717) is 6.04 Å². The molecule has 0 amide bonds. The van der Waals surface area contributed by atoms with Gasteiger partial charge in [-0.1, -0.05) is 13.8 Å². The van der Waals surface area contributed by atoms with Gasteiger partial charge in [-0.3, -0.25) is 9.58 Å². The Balaban J connectivity index is 2.03. The maximum atomic E-state index is 4.77. The zero-order valence-electron chi connectivity index (χ0n) is 12.8. The maximum Gasteiger partial charge on any atom is 0.0765 e. The number of rotatable bonds is 5. The van der Waals surface area contributed by atoms with Gasteiger partial charge in [0.15, 0.2) is 0 Å². The minimum Gasteiger partial charge on any atom is -0.314 e. The first kappa shape index (κ1) is 14.5. The van der Waals surface area contributed by atoms with Crippen molar-refractivity contribution < 1.29 is 0 Å². The number of piperazine rings is 1. The number of aromatic nitrogens is 2. The molecule has 1 aromatic heterocycles. The molecule has 2 heterocycles. The van der Waals surface area contributed by atoms with E-state index in [1.54, 1.807) is 0 Å². The number of nitrogens with one attached hydrogen (secondary N) is 1.